The first kappa shape index (κ1) is 19.4. The van der Waals surface area contributed by atoms with Gasteiger partial charge in [-0.3, -0.25) is 0 Å². The second-order valence-electron chi connectivity index (χ2n) is 7.16. The monoisotopic (exact) mass is 465 g/mol. The lowest BCUT2D eigenvalue weighted by Crippen LogP contribution is -2.46. The smallest absolute Gasteiger partial charge is 0.165 e. The average Bonchev–Trinajstić information content (AvgIpc) is 3.22. The quantitative estimate of drug-likeness (QED) is 0.594. The summed E-state index contributed by atoms with van der Waals surface area (Å²) >= 11 is 10.0. The molecule has 4 rings (SSSR count). The molecule has 0 bridgehead atoms. The molecule has 28 heavy (non-hydrogen) atoms. The van der Waals surface area contributed by atoms with Crippen molar-refractivity contribution >= 4 is 50.2 Å². The minimum Gasteiger partial charge on any atom is -0.383 e. The summed E-state index contributed by atoms with van der Waals surface area (Å²) in [5.74, 6) is 0.367. The van der Waals surface area contributed by atoms with Gasteiger partial charge < -0.3 is 25.7 Å². The molecule has 1 aliphatic heterocycles. The zero-order valence-corrected chi connectivity index (χ0v) is 17.7. The Balaban J connectivity index is 1.72. The first-order chi connectivity index (χ1) is 13.4. The minimum absolute atomic E-state index is 0.367. The molecule has 1 unspecified atom stereocenters. The number of fused-ring (bicyclic) bond motifs is 1. The Labute approximate surface area is 176 Å². The zero-order chi connectivity index (χ0) is 19.9. The maximum Gasteiger partial charge on any atom is 0.165 e. The van der Waals surface area contributed by atoms with Gasteiger partial charge in [0.1, 0.15) is 11.8 Å². The number of imidazole rings is 1. The molecule has 0 aliphatic carbocycles. The van der Waals surface area contributed by atoms with E-state index >= 15 is 0 Å². The maximum atomic E-state index is 6.49. The van der Waals surface area contributed by atoms with Gasteiger partial charge in [-0.15, -0.1) is 0 Å². The summed E-state index contributed by atoms with van der Waals surface area (Å²) in [6.45, 7) is 2.60. The molecule has 1 atom stereocenters. The third-order valence-corrected chi connectivity index (χ3v) is 5.98. The molecule has 8 nitrogen and oxygen atoms in total. The van der Waals surface area contributed by atoms with E-state index in [1.54, 1.807) is 13.4 Å². The van der Waals surface area contributed by atoms with Crippen molar-refractivity contribution in [3.05, 3.63) is 39.8 Å². The number of nitrogens with two attached hydrogens (primary N) is 2. The molecule has 0 amide bonds. The lowest BCUT2D eigenvalue weighted by atomic mass is 10.0. The first-order valence-corrected chi connectivity index (χ1v) is 9.99. The molecule has 1 saturated heterocycles. The van der Waals surface area contributed by atoms with Crippen LogP contribution in [-0.2, 0) is 11.3 Å². The van der Waals surface area contributed by atoms with E-state index in [-0.39, 0.29) is 5.54 Å². The third kappa shape index (κ3) is 3.55. The van der Waals surface area contributed by atoms with Crippen LogP contribution in [0.15, 0.2) is 29.3 Å². The van der Waals surface area contributed by atoms with Crippen LogP contribution in [0.4, 0.5) is 11.5 Å². The van der Waals surface area contributed by atoms with Crippen LogP contribution in [0.1, 0.15) is 12.0 Å². The molecule has 0 spiro atoms. The van der Waals surface area contributed by atoms with Gasteiger partial charge in [-0.25, -0.2) is 15.0 Å². The van der Waals surface area contributed by atoms with Crippen LogP contribution in [0, 0.1) is 0 Å². The number of halogens is 2. The van der Waals surface area contributed by atoms with Crippen LogP contribution < -0.4 is 16.4 Å². The lowest BCUT2D eigenvalue weighted by molar-refractivity contribution is 0.142. The van der Waals surface area contributed by atoms with Gasteiger partial charge in [-0.2, -0.15) is 0 Å². The molecule has 1 aliphatic rings. The highest BCUT2D eigenvalue weighted by Gasteiger charge is 2.35. The van der Waals surface area contributed by atoms with Gasteiger partial charge in [0.25, 0.3) is 0 Å². The summed E-state index contributed by atoms with van der Waals surface area (Å²) in [5, 5.41) is 0.661. The van der Waals surface area contributed by atoms with Crippen molar-refractivity contribution in [3.63, 3.8) is 0 Å². The number of benzene rings is 1. The normalized spacial score (nSPS) is 19.6. The number of ether oxygens (including phenoxy) is 1. The topological polar surface area (TPSA) is 108 Å². The summed E-state index contributed by atoms with van der Waals surface area (Å²) in [7, 11) is 1.68. The third-order valence-electron chi connectivity index (χ3n) is 5.05. The van der Waals surface area contributed by atoms with Crippen molar-refractivity contribution in [2.45, 2.75) is 18.5 Å². The van der Waals surface area contributed by atoms with Crippen LogP contribution >= 0.6 is 27.5 Å². The standard InChI is InChI=1S/C18H21BrClN7O/c1-28-8-18(22)2-3-26(7-18)14-5-11(20)4-13(19)12(14)6-27-10-25-15-16(21)23-9-24-17(15)27/h4-5,9-10H,2-3,6-8,22H2,1H3,(H2,21,23,24). The second-order valence-corrected chi connectivity index (χ2v) is 8.45. The molecule has 1 aromatic carbocycles. The summed E-state index contributed by atoms with van der Waals surface area (Å²) in [5.41, 5.74) is 15.4. The van der Waals surface area contributed by atoms with Crippen LogP contribution in [0.5, 0.6) is 0 Å². The van der Waals surface area contributed by atoms with E-state index in [0.29, 0.717) is 41.7 Å². The van der Waals surface area contributed by atoms with Crippen molar-refractivity contribution in [1.82, 2.24) is 19.5 Å². The van der Waals surface area contributed by atoms with Crippen LogP contribution in [0.2, 0.25) is 5.02 Å². The van der Waals surface area contributed by atoms with Gasteiger partial charge in [-0.05, 0) is 18.6 Å². The van der Waals surface area contributed by atoms with E-state index in [2.05, 4.69) is 35.8 Å². The average molecular weight is 467 g/mol. The largest absolute Gasteiger partial charge is 0.383 e. The molecule has 2 aromatic heterocycles. The summed E-state index contributed by atoms with van der Waals surface area (Å²) in [6.07, 6.45) is 4.02. The molecular formula is C18H21BrClN7O. The van der Waals surface area contributed by atoms with E-state index < -0.39 is 0 Å². The Hall–Kier alpha value is -1.94. The van der Waals surface area contributed by atoms with Gasteiger partial charge in [0.05, 0.1) is 25.0 Å². The molecule has 4 N–H and O–H groups in total. The molecule has 10 heteroatoms. The van der Waals surface area contributed by atoms with E-state index in [0.717, 1.165) is 28.7 Å². The van der Waals surface area contributed by atoms with Crippen molar-refractivity contribution in [2.75, 3.05) is 37.4 Å². The van der Waals surface area contributed by atoms with E-state index in [1.807, 2.05) is 16.7 Å². The number of methoxy groups -OCH3 is 1. The van der Waals surface area contributed by atoms with Crippen molar-refractivity contribution < 1.29 is 4.74 Å². The van der Waals surface area contributed by atoms with Crippen LogP contribution in [0.25, 0.3) is 11.2 Å². The summed E-state index contributed by atoms with van der Waals surface area (Å²) < 4.78 is 8.18. The molecule has 3 aromatic rings. The number of anilines is 2. The number of rotatable bonds is 5. The predicted molar refractivity (Wildman–Crippen MR) is 114 cm³/mol. The van der Waals surface area contributed by atoms with Crippen LogP contribution in [-0.4, -0.2) is 51.9 Å². The van der Waals surface area contributed by atoms with Gasteiger partial charge in [0, 0.05) is 40.9 Å². The number of hydrogen-bond donors (Lipinski definition) is 2. The van der Waals surface area contributed by atoms with Gasteiger partial charge >= 0.3 is 0 Å². The van der Waals surface area contributed by atoms with Crippen molar-refractivity contribution in [1.29, 1.82) is 0 Å². The molecule has 148 valence electrons. The number of aromatic nitrogens is 4. The van der Waals surface area contributed by atoms with Gasteiger partial charge in [0.2, 0.25) is 0 Å². The lowest BCUT2D eigenvalue weighted by Gasteiger charge is -2.27. The second kappa shape index (κ2) is 7.47. The Bertz CT molecular complexity index is 1030. The molecule has 0 radical (unpaired) electrons. The maximum absolute atomic E-state index is 6.49. The first-order valence-electron chi connectivity index (χ1n) is 8.82. The van der Waals surface area contributed by atoms with Crippen molar-refractivity contribution in [3.8, 4) is 0 Å². The summed E-state index contributed by atoms with van der Waals surface area (Å²) in [4.78, 5) is 15.0. The molecular weight excluding hydrogens is 446 g/mol. The fourth-order valence-electron chi connectivity index (χ4n) is 3.72. The van der Waals surface area contributed by atoms with Gasteiger partial charge in [-0.1, -0.05) is 27.5 Å². The molecule has 3 heterocycles. The van der Waals surface area contributed by atoms with E-state index in [4.69, 9.17) is 27.8 Å². The number of nitrogens with zero attached hydrogens (tertiary/aromatic N) is 5. The van der Waals surface area contributed by atoms with Crippen LogP contribution in [0.3, 0.4) is 0 Å². The number of hydrogen-bond acceptors (Lipinski definition) is 7. The Morgan fingerprint density at radius 1 is 1.32 bits per heavy atom. The van der Waals surface area contributed by atoms with Crippen molar-refractivity contribution in [2.24, 2.45) is 5.73 Å². The number of nitrogen functional groups attached to an aromatic ring is 1. The van der Waals surface area contributed by atoms with E-state index in [1.165, 1.54) is 6.33 Å². The summed E-state index contributed by atoms with van der Waals surface area (Å²) in [6, 6.07) is 3.87. The highest BCUT2D eigenvalue weighted by molar-refractivity contribution is 9.10. The fraction of sp³-hybridized carbons (Fsp3) is 0.389. The molecule has 0 saturated carbocycles. The highest BCUT2D eigenvalue weighted by Crippen LogP contribution is 2.36. The zero-order valence-electron chi connectivity index (χ0n) is 15.4. The predicted octanol–water partition coefficient (Wildman–Crippen LogP) is 2.43. The highest BCUT2D eigenvalue weighted by atomic mass is 79.9. The fourth-order valence-corrected chi connectivity index (χ4v) is 4.64. The molecule has 1 fully saturated rings. The van der Waals surface area contributed by atoms with Gasteiger partial charge in [0.15, 0.2) is 11.5 Å². The van der Waals surface area contributed by atoms with E-state index in [9.17, 15) is 0 Å². The Morgan fingerprint density at radius 2 is 2.14 bits per heavy atom. The Morgan fingerprint density at radius 3 is 2.93 bits per heavy atom. The Kier molecular flexibility index (Phi) is 5.17. The SMILES string of the molecule is COCC1(N)CCN(c2cc(Cl)cc(Br)c2Cn2cnc3c(N)ncnc32)C1. The minimum atomic E-state index is -0.371.